The van der Waals surface area contributed by atoms with E-state index in [1.807, 2.05) is 36.1 Å². The van der Waals surface area contributed by atoms with E-state index in [0.29, 0.717) is 25.3 Å². The number of benzene rings is 2. The zero-order valence-corrected chi connectivity index (χ0v) is 15.3. The van der Waals surface area contributed by atoms with Gasteiger partial charge in [0.25, 0.3) is 5.69 Å². The first-order valence-electron chi connectivity index (χ1n) is 9.09. The fraction of sp³-hybridized carbons (Fsp3) is 0.350. The Hall–Kier alpha value is -3.09. The highest BCUT2D eigenvalue weighted by Gasteiger charge is 2.23. The molecule has 1 N–H and O–H groups in total. The summed E-state index contributed by atoms with van der Waals surface area (Å²) in [4.78, 5) is 25.1. The number of anilines is 1. The van der Waals surface area contributed by atoms with Crippen molar-refractivity contribution in [2.75, 3.05) is 24.6 Å². The second kappa shape index (κ2) is 8.53. The number of nitrogens with one attached hydrogen (secondary N) is 1. The van der Waals surface area contributed by atoms with Crippen molar-refractivity contribution >= 4 is 17.3 Å². The summed E-state index contributed by atoms with van der Waals surface area (Å²) in [7, 11) is 0. The lowest BCUT2D eigenvalue weighted by Crippen LogP contribution is -2.40. The van der Waals surface area contributed by atoms with Crippen LogP contribution in [-0.4, -0.2) is 30.5 Å². The molecule has 1 heterocycles. The average Bonchev–Trinajstić information content (AvgIpc) is 2.68. The van der Waals surface area contributed by atoms with E-state index < -0.39 is 4.92 Å². The van der Waals surface area contributed by atoms with Crippen LogP contribution in [0.3, 0.4) is 0 Å². The monoisotopic (exact) mass is 369 g/mol. The van der Waals surface area contributed by atoms with Gasteiger partial charge in [0.15, 0.2) is 0 Å². The smallest absolute Gasteiger partial charge is 0.271 e. The highest BCUT2D eigenvalue weighted by Crippen LogP contribution is 2.31. The molecular weight excluding hydrogens is 346 g/mol. The third kappa shape index (κ3) is 4.55. The van der Waals surface area contributed by atoms with Gasteiger partial charge in [-0.1, -0.05) is 31.2 Å². The number of hydrogen-bond donors (Lipinski definition) is 1. The Kier molecular flexibility index (Phi) is 5.90. The zero-order valence-electron chi connectivity index (χ0n) is 15.3. The van der Waals surface area contributed by atoms with E-state index in [-0.39, 0.29) is 24.2 Å². The molecular formula is C20H23N3O4. The Morgan fingerprint density at radius 2 is 2.11 bits per heavy atom. The molecule has 7 heteroatoms. The number of carbonyl (C=O) groups excluding carboxylic acids is 1. The van der Waals surface area contributed by atoms with Crippen LogP contribution in [0.5, 0.6) is 5.75 Å². The van der Waals surface area contributed by atoms with Crippen molar-refractivity contribution in [2.24, 2.45) is 0 Å². The minimum atomic E-state index is -0.424. The Morgan fingerprint density at radius 1 is 1.30 bits per heavy atom. The third-order valence-corrected chi connectivity index (χ3v) is 4.53. The van der Waals surface area contributed by atoms with Gasteiger partial charge in [0.1, 0.15) is 5.75 Å². The number of fused-ring (bicyclic) bond motifs is 1. The zero-order chi connectivity index (χ0) is 19.2. The number of hydrogen-bond acceptors (Lipinski definition) is 5. The summed E-state index contributed by atoms with van der Waals surface area (Å²) in [5.41, 5.74) is 1.68. The summed E-state index contributed by atoms with van der Waals surface area (Å²) in [6.07, 6.45) is 1.55. The van der Waals surface area contributed by atoms with Crippen molar-refractivity contribution in [3.05, 3.63) is 64.2 Å². The van der Waals surface area contributed by atoms with Gasteiger partial charge in [-0.15, -0.1) is 0 Å². The number of non-ortho nitro benzene ring substituents is 1. The molecule has 0 fully saturated rings. The highest BCUT2D eigenvalue weighted by molar-refractivity contribution is 5.82. The molecule has 0 aliphatic carbocycles. The topological polar surface area (TPSA) is 84.7 Å². The molecule has 27 heavy (non-hydrogen) atoms. The van der Waals surface area contributed by atoms with Crippen LogP contribution in [0.15, 0.2) is 48.5 Å². The van der Waals surface area contributed by atoms with Gasteiger partial charge in [0.05, 0.1) is 24.1 Å². The van der Waals surface area contributed by atoms with Crippen molar-refractivity contribution in [3.8, 4) is 5.75 Å². The Morgan fingerprint density at radius 3 is 2.89 bits per heavy atom. The van der Waals surface area contributed by atoms with Crippen LogP contribution in [0.1, 0.15) is 31.4 Å². The van der Waals surface area contributed by atoms with E-state index in [1.54, 1.807) is 12.1 Å². The lowest BCUT2D eigenvalue weighted by molar-refractivity contribution is -0.384. The quantitative estimate of drug-likeness (QED) is 0.597. The SMILES string of the molecule is CCCN(CC(=O)N[C@H]1CCOc2ccccc21)c1cccc([N+](=O)[O-])c1. The molecule has 3 rings (SSSR count). The fourth-order valence-corrected chi connectivity index (χ4v) is 3.28. The molecule has 1 aliphatic heterocycles. The van der Waals surface area contributed by atoms with E-state index in [4.69, 9.17) is 4.74 Å². The van der Waals surface area contributed by atoms with Crippen LogP contribution in [0, 0.1) is 10.1 Å². The number of rotatable bonds is 7. The van der Waals surface area contributed by atoms with E-state index >= 15 is 0 Å². The lowest BCUT2D eigenvalue weighted by atomic mass is 10.0. The number of para-hydroxylation sites is 1. The van der Waals surface area contributed by atoms with Gasteiger partial charge in [0, 0.05) is 36.3 Å². The lowest BCUT2D eigenvalue weighted by Gasteiger charge is -2.29. The third-order valence-electron chi connectivity index (χ3n) is 4.53. The minimum absolute atomic E-state index is 0.0207. The molecule has 7 nitrogen and oxygen atoms in total. The maximum atomic E-state index is 12.7. The van der Waals surface area contributed by atoms with Crippen molar-refractivity contribution in [1.29, 1.82) is 0 Å². The molecule has 0 radical (unpaired) electrons. The number of ether oxygens (including phenoxy) is 1. The van der Waals surface area contributed by atoms with E-state index in [1.165, 1.54) is 12.1 Å². The maximum Gasteiger partial charge on any atom is 0.271 e. The number of nitrogens with zero attached hydrogens (tertiary/aromatic N) is 2. The molecule has 1 atom stereocenters. The summed E-state index contributed by atoms with van der Waals surface area (Å²) in [5.74, 6) is 0.690. The van der Waals surface area contributed by atoms with Gasteiger partial charge in [-0.2, -0.15) is 0 Å². The molecule has 1 aliphatic rings. The largest absolute Gasteiger partial charge is 0.493 e. The number of nitro groups is 1. The molecule has 2 aromatic carbocycles. The maximum absolute atomic E-state index is 12.7. The van der Waals surface area contributed by atoms with Gasteiger partial charge in [-0.3, -0.25) is 14.9 Å². The normalized spacial score (nSPS) is 15.4. The first kappa shape index (κ1) is 18.7. The van der Waals surface area contributed by atoms with Crippen molar-refractivity contribution in [3.63, 3.8) is 0 Å². The van der Waals surface area contributed by atoms with Gasteiger partial charge in [-0.25, -0.2) is 0 Å². The molecule has 0 saturated heterocycles. The van der Waals surface area contributed by atoms with Gasteiger partial charge in [-0.05, 0) is 18.6 Å². The molecule has 1 amide bonds. The Balaban J connectivity index is 1.71. The second-order valence-electron chi connectivity index (χ2n) is 6.49. The van der Waals surface area contributed by atoms with E-state index in [2.05, 4.69) is 5.32 Å². The molecule has 0 aromatic heterocycles. The fourth-order valence-electron chi connectivity index (χ4n) is 3.28. The first-order chi connectivity index (χ1) is 13.1. The van der Waals surface area contributed by atoms with Crippen molar-refractivity contribution < 1.29 is 14.5 Å². The molecule has 0 unspecified atom stereocenters. The standard InChI is InChI=1S/C20H23N3O4/c1-2-11-22(15-6-5-7-16(13-15)23(25)26)14-20(24)21-18-10-12-27-19-9-4-3-8-17(18)19/h3-9,13,18H,2,10-12,14H2,1H3,(H,21,24)/t18-/m0/s1. The predicted molar refractivity (Wildman–Crippen MR) is 103 cm³/mol. The van der Waals surface area contributed by atoms with Crippen LogP contribution >= 0.6 is 0 Å². The Labute approximate surface area is 158 Å². The summed E-state index contributed by atoms with van der Waals surface area (Å²) >= 11 is 0. The predicted octanol–water partition coefficient (Wildman–Crippen LogP) is 3.45. The summed E-state index contributed by atoms with van der Waals surface area (Å²) in [5, 5.41) is 14.1. The molecule has 0 saturated carbocycles. The number of carbonyl (C=O) groups is 1. The second-order valence-corrected chi connectivity index (χ2v) is 6.49. The summed E-state index contributed by atoms with van der Waals surface area (Å²) in [6, 6.07) is 14.0. The van der Waals surface area contributed by atoms with Gasteiger partial charge in [0.2, 0.25) is 5.91 Å². The van der Waals surface area contributed by atoms with E-state index in [0.717, 1.165) is 17.7 Å². The minimum Gasteiger partial charge on any atom is -0.493 e. The van der Waals surface area contributed by atoms with Gasteiger partial charge < -0.3 is 15.0 Å². The van der Waals surface area contributed by atoms with Crippen LogP contribution in [0.4, 0.5) is 11.4 Å². The van der Waals surface area contributed by atoms with Crippen molar-refractivity contribution in [2.45, 2.75) is 25.8 Å². The number of amides is 1. The summed E-state index contributed by atoms with van der Waals surface area (Å²) < 4.78 is 5.63. The first-order valence-corrected chi connectivity index (χ1v) is 9.09. The highest BCUT2D eigenvalue weighted by atomic mass is 16.6. The van der Waals surface area contributed by atoms with E-state index in [9.17, 15) is 14.9 Å². The van der Waals surface area contributed by atoms with Gasteiger partial charge >= 0.3 is 0 Å². The van der Waals surface area contributed by atoms with Crippen LogP contribution < -0.4 is 15.0 Å². The molecule has 0 bridgehead atoms. The van der Waals surface area contributed by atoms with Crippen LogP contribution in [0.25, 0.3) is 0 Å². The van der Waals surface area contributed by atoms with Crippen LogP contribution in [-0.2, 0) is 4.79 Å². The van der Waals surface area contributed by atoms with Crippen molar-refractivity contribution in [1.82, 2.24) is 5.32 Å². The average molecular weight is 369 g/mol. The summed E-state index contributed by atoms with van der Waals surface area (Å²) in [6.45, 7) is 3.36. The molecule has 2 aromatic rings. The Bertz CT molecular complexity index is 824. The molecule has 142 valence electrons. The number of nitro benzene ring substituents is 1. The van der Waals surface area contributed by atoms with Crippen LogP contribution in [0.2, 0.25) is 0 Å². The molecule has 0 spiro atoms.